The zero-order valence-electron chi connectivity index (χ0n) is 15.5. The lowest BCUT2D eigenvalue weighted by Crippen LogP contribution is -2.55. The van der Waals surface area contributed by atoms with E-state index in [0.717, 1.165) is 56.5 Å². The van der Waals surface area contributed by atoms with E-state index in [-0.39, 0.29) is 11.9 Å². The summed E-state index contributed by atoms with van der Waals surface area (Å²) in [6.07, 6.45) is 0.782. The standard InChI is InChI=1S/C20H26N4O2/c1-14-15(2)26-19(22-14)13-23-7-9-24(10-8-23)20(25)18-11-16-5-3-4-6-17(16)12-21-18/h3-6,18,21H,7-13H2,1-2H3. The number of rotatable bonds is 3. The number of carbonyl (C=O) groups is 1. The van der Waals surface area contributed by atoms with E-state index in [9.17, 15) is 4.79 Å². The number of hydrogen-bond acceptors (Lipinski definition) is 5. The monoisotopic (exact) mass is 354 g/mol. The molecule has 2 aromatic rings. The van der Waals surface area contributed by atoms with E-state index in [0.29, 0.717) is 6.54 Å². The first-order valence-electron chi connectivity index (χ1n) is 9.34. The average molecular weight is 354 g/mol. The molecule has 1 unspecified atom stereocenters. The highest BCUT2D eigenvalue weighted by Crippen LogP contribution is 2.18. The van der Waals surface area contributed by atoms with Crippen LogP contribution in [0.25, 0.3) is 0 Å². The number of benzene rings is 1. The largest absolute Gasteiger partial charge is 0.444 e. The normalized spacial score (nSPS) is 20.8. The molecule has 3 heterocycles. The van der Waals surface area contributed by atoms with Crippen molar-refractivity contribution in [2.45, 2.75) is 39.4 Å². The number of oxazole rings is 1. The molecule has 2 aliphatic heterocycles. The lowest BCUT2D eigenvalue weighted by molar-refractivity contribution is -0.135. The van der Waals surface area contributed by atoms with E-state index in [1.165, 1.54) is 11.1 Å². The zero-order valence-corrected chi connectivity index (χ0v) is 15.5. The van der Waals surface area contributed by atoms with Crippen molar-refractivity contribution in [3.63, 3.8) is 0 Å². The number of aromatic nitrogens is 1. The summed E-state index contributed by atoms with van der Waals surface area (Å²) in [5.74, 6) is 1.88. The molecule has 1 amide bonds. The van der Waals surface area contributed by atoms with Gasteiger partial charge in [0.1, 0.15) is 5.76 Å². The summed E-state index contributed by atoms with van der Waals surface area (Å²) in [6.45, 7) is 8.63. The van der Waals surface area contributed by atoms with Crippen LogP contribution < -0.4 is 5.32 Å². The van der Waals surface area contributed by atoms with Crippen molar-refractivity contribution in [1.29, 1.82) is 0 Å². The number of fused-ring (bicyclic) bond motifs is 1. The highest BCUT2D eigenvalue weighted by molar-refractivity contribution is 5.82. The summed E-state index contributed by atoms with van der Waals surface area (Å²) in [6, 6.07) is 8.27. The van der Waals surface area contributed by atoms with E-state index in [2.05, 4.69) is 39.5 Å². The van der Waals surface area contributed by atoms with E-state index in [1.54, 1.807) is 0 Å². The molecular formula is C20H26N4O2. The first-order chi connectivity index (χ1) is 12.6. The third-order valence-electron chi connectivity index (χ3n) is 5.50. The van der Waals surface area contributed by atoms with Crippen LogP contribution in [0.3, 0.4) is 0 Å². The lowest BCUT2D eigenvalue weighted by Gasteiger charge is -2.37. The van der Waals surface area contributed by atoms with Gasteiger partial charge in [0.05, 0.1) is 18.3 Å². The summed E-state index contributed by atoms with van der Waals surface area (Å²) in [5, 5.41) is 3.40. The number of nitrogens with one attached hydrogen (secondary N) is 1. The maximum atomic E-state index is 12.9. The Balaban J connectivity index is 1.31. The van der Waals surface area contributed by atoms with Gasteiger partial charge in [0.25, 0.3) is 0 Å². The Labute approximate surface area is 154 Å². The molecule has 1 aromatic carbocycles. The minimum atomic E-state index is -0.103. The van der Waals surface area contributed by atoms with Crippen LogP contribution in [0.2, 0.25) is 0 Å². The van der Waals surface area contributed by atoms with Gasteiger partial charge in [-0.2, -0.15) is 0 Å². The van der Waals surface area contributed by atoms with Gasteiger partial charge in [0, 0.05) is 32.7 Å². The fraction of sp³-hybridized carbons (Fsp3) is 0.500. The Hall–Kier alpha value is -2.18. The molecule has 4 rings (SSSR count). The molecule has 0 saturated carbocycles. The fourth-order valence-electron chi connectivity index (χ4n) is 3.77. The molecule has 26 heavy (non-hydrogen) atoms. The van der Waals surface area contributed by atoms with Crippen molar-refractivity contribution < 1.29 is 9.21 Å². The Kier molecular flexibility index (Phi) is 4.78. The maximum absolute atomic E-state index is 12.9. The second-order valence-electron chi connectivity index (χ2n) is 7.26. The minimum absolute atomic E-state index is 0.103. The van der Waals surface area contributed by atoms with Crippen LogP contribution in [-0.4, -0.2) is 52.9 Å². The molecule has 1 N–H and O–H groups in total. The smallest absolute Gasteiger partial charge is 0.240 e. The summed E-state index contributed by atoms with van der Waals surface area (Å²) in [4.78, 5) is 21.6. The van der Waals surface area contributed by atoms with E-state index in [4.69, 9.17) is 4.42 Å². The predicted molar refractivity (Wildman–Crippen MR) is 98.6 cm³/mol. The van der Waals surface area contributed by atoms with Gasteiger partial charge in [-0.05, 0) is 31.4 Å². The maximum Gasteiger partial charge on any atom is 0.240 e. The molecule has 1 aromatic heterocycles. The minimum Gasteiger partial charge on any atom is -0.444 e. The lowest BCUT2D eigenvalue weighted by atomic mass is 9.95. The Bertz CT molecular complexity index is 773. The van der Waals surface area contributed by atoms with Crippen molar-refractivity contribution in [3.05, 3.63) is 52.7 Å². The highest BCUT2D eigenvalue weighted by Gasteiger charge is 2.30. The van der Waals surface area contributed by atoms with Crippen molar-refractivity contribution >= 4 is 5.91 Å². The number of amides is 1. The van der Waals surface area contributed by atoms with Crippen molar-refractivity contribution in [2.24, 2.45) is 0 Å². The molecule has 0 radical (unpaired) electrons. The number of piperazine rings is 1. The molecule has 1 fully saturated rings. The Morgan fingerprint density at radius 2 is 1.92 bits per heavy atom. The first kappa shape index (κ1) is 17.2. The fourth-order valence-corrected chi connectivity index (χ4v) is 3.77. The number of aryl methyl sites for hydroxylation is 2. The molecule has 6 heteroatoms. The van der Waals surface area contributed by atoms with Gasteiger partial charge in [-0.1, -0.05) is 24.3 Å². The van der Waals surface area contributed by atoms with Crippen molar-refractivity contribution in [2.75, 3.05) is 26.2 Å². The molecule has 2 aliphatic rings. The van der Waals surface area contributed by atoms with Gasteiger partial charge in [-0.15, -0.1) is 0 Å². The van der Waals surface area contributed by atoms with Crippen LogP contribution in [-0.2, 0) is 24.3 Å². The molecule has 1 saturated heterocycles. The van der Waals surface area contributed by atoms with Gasteiger partial charge >= 0.3 is 0 Å². The zero-order chi connectivity index (χ0) is 18.1. The van der Waals surface area contributed by atoms with Gasteiger partial charge in [-0.25, -0.2) is 4.98 Å². The van der Waals surface area contributed by atoms with E-state index in [1.807, 2.05) is 18.7 Å². The number of hydrogen-bond donors (Lipinski definition) is 1. The predicted octanol–water partition coefficient (Wildman–Crippen LogP) is 1.65. The summed E-state index contributed by atoms with van der Waals surface area (Å²) in [7, 11) is 0. The molecule has 138 valence electrons. The van der Waals surface area contributed by atoms with E-state index < -0.39 is 0 Å². The van der Waals surface area contributed by atoms with Crippen LogP contribution in [0.5, 0.6) is 0 Å². The first-order valence-corrected chi connectivity index (χ1v) is 9.34. The summed E-state index contributed by atoms with van der Waals surface area (Å²) >= 11 is 0. The van der Waals surface area contributed by atoms with Gasteiger partial charge in [0.15, 0.2) is 0 Å². The molecule has 0 aliphatic carbocycles. The third kappa shape index (κ3) is 3.52. The van der Waals surface area contributed by atoms with Crippen LogP contribution in [0.15, 0.2) is 28.7 Å². The second-order valence-corrected chi connectivity index (χ2v) is 7.26. The summed E-state index contributed by atoms with van der Waals surface area (Å²) in [5.41, 5.74) is 3.55. The van der Waals surface area contributed by atoms with Gasteiger partial charge in [0.2, 0.25) is 11.8 Å². The molecule has 0 spiro atoms. The van der Waals surface area contributed by atoms with Crippen LogP contribution in [0, 0.1) is 13.8 Å². The van der Waals surface area contributed by atoms with Crippen LogP contribution in [0.1, 0.15) is 28.5 Å². The van der Waals surface area contributed by atoms with Crippen LogP contribution >= 0.6 is 0 Å². The number of nitrogens with zero attached hydrogens (tertiary/aromatic N) is 3. The van der Waals surface area contributed by atoms with Gasteiger partial charge < -0.3 is 14.6 Å². The van der Waals surface area contributed by atoms with Gasteiger partial charge in [-0.3, -0.25) is 9.69 Å². The average Bonchev–Trinajstić information content (AvgIpc) is 2.98. The third-order valence-corrected chi connectivity index (χ3v) is 5.50. The number of carbonyl (C=O) groups excluding carboxylic acids is 1. The van der Waals surface area contributed by atoms with Crippen LogP contribution in [0.4, 0.5) is 0 Å². The molecular weight excluding hydrogens is 328 g/mol. The highest BCUT2D eigenvalue weighted by atomic mass is 16.4. The molecule has 6 nitrogen and oxygen atoms in total. The SMILES string of the molecule is Cc1nc(CN2CCN(C(=O)C3Cc4ccccc4CN3)CC2)oc1C. The second kappa shape index (κ2) is 7.21. The molecule has 0 bridgehead atoms. The Morgan fingerprint density at radius 1 is 1.19 bits per heavy atom. The van der Waals surface area contributed by atoms with Crippen molar-refractivity contribution in [3.8, 4) is 0 Å². The topological polar surface area (TPSA) is 61.6 Å². The quantitative estimate of drug-likeness (QED) is 0.908. The Morgan fingerprint density at radius 3 is 2.62 bits per heavy atom. The van der Waals surface area contributed by atoms with Crippen molar-refractivity contribution in [1.82, 2.24) is 20.1 Å². The summed E-state index contributed by atoms with van der Waals surface area (Å²) < 4.78 is 5.68. The van der Waals surface area contributed by atoms with E-state index >= 15 is 0 Å². The molecule has 1 atom stereocenters.